The number of rotatable bonds is 6. The maximum absolute atomic E-state index is 10.8. The Morgan fingerprint density at radius 1 is 1.38 bits per heavy atom. The second kappa shape index (κ2) is 10.8. The second-order valence-electron chi connectivity index (χ2n) is 5.28. The second-order valence-corrected chi connectivity index (χ2v) is 6.98. The van der Waals surface area contributed by atoms with Crippen LogP contribution in [0.15, 0.2) is 12.7 Å². The van der Waals surface area contributed by atoms with Gasteiger partial charge in [-0.2, -0.15) is 8.42 Å². The molecule has 1 fully saturated rings. The highest BCUT2D eigenvalue weighted by atomic mass is 32.2. The average molecular weight is 321 g/mol. The Morgan fingerprint density at radius 3 is 2.57 bits per heavy atom. The van der Waals surface area contributed by atoms with Crippen molar-refractivity contribution in [3.63, 3.8) is 0 Å². The van der Waals surface area contributed by atoms with E-state index in [4.69, 9.17) is 9.29 Å². The first kappa shape index (κ1) is 20.1. The Hall–Kier alpha value is -0.920. The molecule has 1 saturated heterocycles. The van der Waals surface area contributed by atoms with Crippen molar-refractivity contribution < 1.29 is 22.5 Å². The highest BCUT2D eigenvalue weighted by Crippen LogP contribution is 2.09. The zero-order valence-electron chi connectivity index (χ0n) is 13.0. The van der Waals surface area contributed by atoms with Gasteiger partial charge in [0.05, 0.1) is 11.9 Å². The van der Waals surface area contributed by atoms with Crippen LogP contribution < -0.4 is 0 Å². The summed E-state index contributed by atoms with van der Waals surface area (Å²) in [6.07, 6.45) is 6.06. The summed E-state index contributed by atoms with van der Waals surface area (Å²) in [7, 11) is -0.208. The maximum Gasteiger partial charge on any atom is 0.305 e. The van der Waals surface area contributed by atoms with Gasteiger partial charge in [0.2, 0.25) is 0 Å². The van der Waals surface area contributed by atoms with Crippen molar-refractivity contribution in [1.82, 2.24) is 4.90 Å². The predicted octanol–water partition coefficient (Wildman–Crippen LogP) is 1.87. The van der Waals surface area contributed by atoms with Crippen LogP contribution in [-0.2, 0) is 19.6 Å². The van der Waals surface area contributed by atoms with Gasteiger partial charge in [0.25, 0.3) is 10.1 Å². The molecule has 124 valence electrons. The van der Waals surface area contributed by atoms with E-state index in [0.29, 0.717) is 32.4 Å². The summed E-state index contributed by atoms with van der Waals surface area (Å²) in [5.74, 6) is -0.0255. The van der Waals surface area contributed by atoms with E-state index in [1.165, 1.54) is 6.08 Å². The standard InChI is InChI=1S/C8H17NO3S.C6H10O2/c1-4-5-8(13(10,11)12)6-7-9(2)3;7-6-4-2-1-3-5-8-6/h4,8H,1,5-7H2,2-3H3,(H,10,11,12);1-5H2. The predicted molar refractivity (Wildman–Crippen MR) is 82.7 cm³/mol. The molecule has 1 rings (SSSR count). The van der Waals surface area contributed by atoms with Crippen molar-refractivity contribution in [2.24, 2.45) is 0 Å². The van der Waals surface area contributed by atoms with Crippen LogP contribution in [0, 0.1) is 0 Å². The van der Waals surface area contributed by atoms with Gasteiger partial charge in [-0.05, 0) is 52.7 Å². The summed E-state index contributed by atoms with van der Waals surface area (Å²) in [5, 5.41) is -0.715. The van der Waals surface area contributed by atoms with E-state index in [-0.39, 0.29) is 5.97 Å². The molecule has 0 saturated carbocycles. The lowest BCUT2D eigenvalue weighted by Gasteiger charge is -2.14. The minimum atomic E-state index is -3.92. The van der Waals surface area contributed by atoms with Gasteiger partial charge in [-0.1, -0.05) is 6.08 Å². The van der Waals surface area contributed by atoms with Crippen molar-refractivity contribution in [1.29, 1.82) is 0 Å². The lowest BCUT2D eigenvalue weighted by Crippen LogP contribution is -2.25. The number of carbonyl (C=O) groups excluding carboxylic acids is 1. The van der Waals surface area contributed by atoms with Crippen molar-refractivity contribution in [3.8, 4) is 0 Å². The van der Waals surface area contributed by atoms with Gasteiger partial charge in [0.15, 0.2) is 0 Å². The molecule has 0 aromatic carbocycles. The first-order valence-electron chi connectivity index (χ1n) is 7.15. The normalized spacial score (nSPS) is 17.2. The van der Waals surface area contributed by atoms with Gasteiger partial charge in [0.1, 0.15) is 0 Å². The quantitative estimate of drug-likeness (QED) is 0.457. The molecule has 0 amide bonds. The fourth-order valence-corrected chi connectivity index (χ4v) is 2.57. The van der Waals surface area contributed by atoms with Gasteiger partial charge in [-0.3, -0.25) is 9.35 Å². The van der Waals surface area contributed by atoms with Gasteiger partial charge >= 0.3 is 5.97 Å². The van der Waals surface area contributed by atoms with E-state index in [1.54, 1.807) is 0 Å². The lowest BCUT2D eigenvalue weighted by atomic mass is 10.2. The minimum absolute atomic E-state index is 0.0255. The highest BCUT2D eigenvalue weighted by Gasteiger charge is 2.20. The third-order valence-corrected chi connectivity index (χ3v) is 4.31. The number of ether oxygens (including phenoxy) is 1. The van der Waals surface area contributed by atoms with Crippen LogP contribution in [-0.4, -0.2) is 56.3 Å². The number of cyclic esters (lactones) is 1. The molecular weight excluding hydrogens is 294 g/mol. The summed E-state index contributed by atoms with van der Waals surface area (Å²) < 4.78 is 35.2. The molecule has 1 heterocycles. The molecule has 0 spiro atoms. The van der Waals surface area contributed by atoms with Gasteiger partial charge in [-0.15, -0.1) is 6.58 Å². The third kappa shape index (κ3) is 11.4. The number of allylic oxidation sites excluding steroid dienone is 1. The molecule has 1 aliphatic rings. The Labute approximate surface area is 127 Å². The molecule has 0 radical (unpaired) electrons. The molecule has 1 N–H and O–H groups in total. The summed E-state index contributed by atoms with van der Waals surface area (Å²) in [4.78, 5) is 12.3. The Balaban J connectivity index is 0.000000423. The van der Waals surface area contributed by atoms with E-state index >= 15 is 0 Å². The number of hydrogen-bond acceptors (Lipinski definition) is 5. The van der Waals surface area contributed by atoms with Crippen LogP contribution in [0.3, 0.4) is 0 Å². The van der Waals surface area contributed by atoms with Crippen molar-refractivity contribution in [2.75, 3.05) is 27.2 Å². The Kier molecular flexibility index (Phi) is 10.3. The largest absolute Gasteiger partial charge is 0.466 e. The molecule has 0 aromatic heterocycles. The van der Waals surface area contributed by atoms with Crippen LogP contribution in [0.5, 0.6) is 0 Å². The molecule has 21 heavy (non-hydrogen) atoms. The van der Waals surface area contributed by atoms with E-state index < -0.39 is 15.4 Å². The van der Waals surface area contributed by atoms with E-state index in [9.17, 15) is 13.2 Å². The number of nitrogens with zero attached hydrogens (tertiary/aromatic N) is 1. The fraction of sp³-hybridized carbons (Fsp3) is 0.786. The van der Waals surface area contributed by atoms with E-state index in [1.807, 2.05) is 19.0 Å². The molecule has 1 atom stereocenters. The van der Waals surface area contributed by atoms with Crippen LogP contribution in [0.2, 0.25) is 0 Å². The maximum atomic E-state index is 10.8. The molecule has 0 aromatic rings. The van der Waals surface area contributed by atoms with Gasteiger partial charge < -0.3 is 9.64 Å². The van der Waals surface area contributed by atoms with Gasteiger partial charge in [0, 0.05) is 6.42 Å². The lowest BCUT2D eigenvalue weighted by molar-refractivity contribution is -0.142. The van der Waals surface area contributed by atoms with E-state index in [2.05, 4.69) is 6.58 Å². The third-order valence-electron chi connectivity index (χ3n) is 3.04. The molecular formula is C14H27NO5S. The molecule has 1 unspecified atom stereocenters. The topological polar surface area (TPSA) is 83.9 Å². The number of hydrogen-bond donors (Lipinski definition) is 1. The van der Waals surface area contributed by atoms with E-state index in [0.717, 1.165) is 19.3 Å². The average Bonchev–Trinajstić information content (AvgIpc) is 2.61. The summed E-state index contributed by atoms with van der Waals surface area (Å²) in [6, 6.07) is 0. The molecule has 0 bridgehead atoms. The molecule has 1 aliphatic heterocycles. The zero-order chi connectivity index (χ0) is 16.3. The first-order valence-corrected chi connectivity index (χ1v) is 8.65. The fourth-order valence-electron chi connectivity index (χ4n) is 1.78. The smallest absolute Gasteiger partial charge is 0.305 e. The summed E-state index contributed by atoms with van der Waals surface area (Å²) in [5.41, 5.74) is 0. The van der Waals surface area contributed by atoms with Crippen LogP contribution in [0.1, 0.15) is 38.5 Å². The number of carbonyl (C=O) groups is 1. The Morgan fingerprint density at radius 2 is 2.05 bits per heavy atom. The summed E-state index contributed by atoms with van der Waals surface area (Å²) >= 11 is 0. The van der Waals surface area contributed by atoms with Gasteiger partial charge in [-0.25, -0.2) is 0 Å². The Bertz CT molecular complexity index is 396. The molecule has 0 aliphatic carbocycles. The molecule has 7 heteroatoms. The summed E-state index contributed by atoms with van der Waals surface area (Å²) in [6.45, 7) is 4.73. The minimum Gasteiger partial charge on any atom is -0.466 e. The first-order chi connectivity index (χ1) is 9.77. The van der Waals surface area contributed by atoms with Crippen molar-refractivity contribution in [3.05, 3.63) is 12.7 Å². The zero-order valence-corrected chi connectivity index (χ0v) is 13.8. The van der Waals surface area contributed by atoms with Crippen LogP contribution in [0.4, 0.5) is 0 Å². The highest BCUT2D eigenvalue weighted by molar-refractivity contribution is 7.86. The number of esters is 1. The SMILES string of the molecule is C=CCC(CCN(C)C)S(=O)(=O)O.O=C1CCCCCO1. The van der Waals surface area contributed by atoms with Crippen molar-refractivity contribution in [2.45, 2.75) is 43.8 Å². The monoisotopic (exact) mass is 321 g/mol. The van der Waals surface area contributed by atoms with Crippen LogP contribution >= 0.6 is 0 Å². The molecule has 6 nitrogen and oxygen atoms in total. The van der Waals surface area contributed by atoms with Crippen molar-refractivity contribution >= 4 is 16.1 Å². The van der Waals surface area contributed by atoms with Crippen LogP contribution in [0.25, 0.3) is 0 Å².